The Hall–Kier alpha value is -2.84. The maximum atomic E-state index is 12.5. The van der Waals surface area contributed by atoms with E-state index in [4.69, 9.17) is 20.8 Å². The number of aryl methyl sites for hydroxylation is 1. The molecule has 29 heavy (non-hydrogen) atoms. The van der Waals surface area contributed by atoms with Gasteiger partial charge in [0, 0.05) is 5.56 Å². The number of benzene rings is 2. The van der Waals surface area contributed by atoms with Gasteiger partial charge in [-0.25, -0.2) is 13.4 Å². The van der Waals surface area contributed by atoms with Crippen LogP contribution in [0.5, 0.6) is 5.75 Å². The summed E-state index contributed by atoms with van der Waals surface area (Å²) >= 11 is 5.98. The molecule has 3 rings (SSSR count). The summed E-state index contributed by atoms with van der Waals surface area (Å²) in [6.07, 6.45) is 0. The van der Waals surface area contributed by atoms with Crippen LogP contribution in [0.3, 0.4) is 0 Å². The van der Waals surface area contributed by atoms with E-state index in [9.17, 15) is 13.2 Å². The number of nitrogens with zero attached hydrogens (tertiary/aromatic N) is 1. The highest BCUT2D eigenvalue weighted by molar-refractivity contribution is 7.91. The number of anilines is 1. The number of methoxy groups -OCH3 is 1. The van der Waals surface area contributed by atoms with E-state index in [1.165, 1.54) is 0 Å². The fraction of sp³-hybridized carbons (Fsp3) is 0.200. The first kappa shape index (κ1) is 20.9. The van der Waals surface area contributed by atoms with Crippen molar-refractivity contribution in [2.45, 2.75) is 12.7 Å². The second kappa shape index (κ2) is 8.67. The maximum absolute atomic E-state index is 12.5. The normalized spacial score (nSPS) is 11.3. The molecule has 0 saturated carbocycles. The third-order valence-electron chi connectivity index (χ3n) is 4.09. The van der Waals surface area contributed by atoms with E-state index >= 15 is 0 Å². The summed E-state index contributed by atoms with van der Waals surface area (Å²) in [5.41, 5.74) is 1.31. The van der Waals surface area contributed by atoms with Crippen molar-refractivity contribution in [1.82, 2.24) is 4.98 Å². The molecule has 1 N–H and O–H groups in total. The highest BCUT2D eigenvalue weighted by atomic mass is 35.5. The number of hydrogen-bond donors (Lipinski definition) is 1. The molecule has 0 bridgehead atoms. The molecule has 0 aliphatic rings. The third kappa shape index (κ3) is 5.36. The summed E-state index contributed by atoms with van der Waals surface area (Å²) in [5.74, 6) is -0.405. The number of hydrogen-bond acceptors (Lipinski definition) is 6. The van der Waals surface area contributed by atoms with Crippen LogP contribution in [0.25, 0.3) is 11.5 Å². The summed E-state index contributed by atoms with van der Waals surface area (Å²) in [6.45, 7) is 1.63. The van der Waals surface area contributed by atoms with Gasteiger partial charge in [-0.2, -0.15) is 0 Å². The van der Waals surface area contributed by atoms with Gasteiger partial charge in [0.2, 0.25) is 11.8 Å². The van der Waals surface area contributed by atoms with Crippen molar-refractivity contribution in [2.24, 2.45) is 0 Å². The van der Waals surface area contributed by atoms with Gasteiger partial charge in [-0.15, -0.1) is 0 Å². The van der Waals surface area contributed by atoms with Crippen molar-refractivity contribution in [3.8, 4) is 17.2 Å². The molecule has 0 aliphatic carbocycles. The SMILES string of the molecule is COc1ccc(-c2nc(CS(=O)(=O)CC(=O)Nc3ccccc3Cl)c(C)o2)cc1. The lowest BCUT2D eigenvalue weighted by atomic mass is 10.2. The van der Waals surface area contributed by atoms with Crippen molar-refractivity contribution in [1.29, 1.82) is 0 Å². The van der Waals surface area contributed by atoms with E-state index in [0.717, 1.165) is 0 Å². The van der Waals surface area contributed by atoms with Crippen molar-refractivity contribution in [3.05, 3.63) is 65.0 Å². The van der Waals surface area contributed by atoms with Gasteiger partial charge in [0.15, 0.2) is 9.84 Å². The van der Waals surface area contributed by atoms with Crippen LogP contribution in [0, 0.1) is 6.92 Å². The maximum Gasteiger partial charge on any atom is 0.239 e. The summed E-state index contributed by atoms with van der Waals surface area (Å²) in [5, 5.41) is 2.83. The van der Waals surface area contributed by atoms with Crippen molar-refractivity contribution < 1.29 is 22.4 Å². The molecule has 7 nitrogen and oxygen atoms in total. The number of oxazole rings is 1. The Morgan fingerprint density at radius 2 is 1.86 bits per heavy atom. The Kier molecular flexibility index (Phi) is 6.24. The lowest BCUT2D eigenvalue weighted by molar-refractivity contribution is -0.113. The Morgan fingerprint density at radius 3 is 2.52 bits per heavy atom. The molecule has 1 amide bonds. The quantitative estimate of drug-likeness (QED) is 0.606. The Bertz CT molecular complexity index is 1120. The zero-order valence-electron chi connectivity index (χ0n) is 15.8. The number of ether oxygens (including phenoxy) is 1. The molecule has 0 atom stereocenters. The first-order valence-electron chi connectivity index (χ1n) is 8.63. The van der Waals surface area contributed by atoms with Crippen LogP contribution in [0.1, 0.15) is 11.5 Å². The number of nitrogens with one attached hydrogen (secondary N) is 1. The second-order valence-electron chi connectivity index (χ2n) is 6.31. The third-order valence-corrected chi connectivity index (χ3v) is 5.83. The van der Waals surface area contributed by atoms with Gasteiger partial charge >= 0.3 is 0 Å². The molecular weight excluding hydrogens is 416 g/mol. The number of carbonyl (C=O) groups excluding carboxylic acids is 1. The average Bonchev–Trinajstić information content (AvgIpc) is 3.03. The van der Waals surface area contributed by atoms with Gasteiger partial charge in [-0.3, -0.25) is 4.79 Å². The molecule has 1 heterocycles. The van der Waals surface area contributed by atoms with Gasteiger partial charge in [0.25, 0.3) is 0 Å². The van der Waals surface area contributed by atoms with Crippen molar-refractivity contribution in [3.63, 3.8) is 0 Å². The molecule has 0 aliphatic heterocycles. The predicted molar refractivity (Wildman–Crippen MR) is 111 cm³/mol. The number of rotatable bonds is 7. The summed E-state index contributed by atoms with van der Waals surface area (Å²) in [6, 6.07) is 13.6. The van der Waals surface area contributed by atoms with E-state index in [1.807, 2.05) is 0 Å². The van der Waals surface area contributed by atoms with Gasteiger partial charge in [0.1, 0.15) is 17.3 Å². The molecule has 0 fully saturated rings. The molecule has 9 heteroatoms. The van der Waals surface area contributed by atoms with E-state index in [1.54, 1.807) is 62.6 Å². The zero-order valence-corrected chi connectivity index (χ0v) is 17.4. The van der Waals surface area contributed by atoms with Crippen LogP contribution >= 0.6 is 11.6 Å². The predicted octanol–water partition coefficient (Wildman–Crippen LogP) is 3.87. The molecule has 0 spiro atoms. The zero-order chi connectivity index (χ0) is 21.0. The van der Waals surface area contributed by atoms with Gasteiger partial charge in [-0.1, -0.05) is 23.7 Å². The summed E-state index contributed by atoms with van der Waals surface area (Å²) < 4.78 is 35.7. The molecule has 1 aromatic heterocycles. The van der Waals surface area contributed by atoms with Crippen LogP contribution in [0.15, 0.2) is 52.9 Å². The monoisotopic (exact) mass is 434 g/mol. The molecule has 3 aromatic rings. The van der Waals surface area contributed by atoms with Crippen LogP contribution in [-0.4, -0.2) is 32.2 Å². The number of halogens is 1. The molecule has 0 unspecified atom stereocenters. The minimum atomic E-state index is -3.77. The lowest BCUT2D eigenvalue weighted by Crippen LogP contribution is -2.24. The molecule has 0 saturated heterocycles. The fourth-order valence-electron chi connectivity index (χ4n) is 2.63. The largest absolute Gasteiger partial charge is 0.497 e. The number of carbonyl (C=O) groups is 1. The number of aromatic nitrogens is 1. The van der Waals surface area contributed by atoms with Crippen LogP contribution in [0.4, 0.5) is 5.69 Å². The Balaban J connectivity index is 1.70. The molecule has 0 radical (unpaired) electrons. The van der Waals surface area contributed by atoms with Gasteiger partial charge < -0.3 is 14.5 Å². The van der Waals surface area contributed by atoms with Gasteiger partial charge in [0.05, 0.1) is 29.3 Å². The van der Waals surface area contributed by atoms with E-state index in [0.29, 0.717) is 33.7 Å². The highest BCUT2D eigenvalue weighted by Crippen LogP contribution is 2.25. The standard InChI is InChI=1S/C20H19ClN2O5S/c1-13-18(23-20(28-13)14-7-9-15(27-2)10-8-14)11-29(25,26)12-19(24)22-17-6-4-3-5-16(17)21/h3-10H,11-12H2,1-2H3,(H,22,24). The topological polar surface area (TPSA) is 98.5 Å². The van der Waals surface area contributed by atoms with Crippen LogP contribution in [0.2, 0.25) is 5.02 Å². The number of para-hydroxylation sites is 1. The fourth-order valence-corrected chi connectivity index (χ4v) is 4.07. The van der Waals surface area contributed by atoms with Crippen molar-refractivity contribution in [2.75, 3.05) is 18.2 Å². The average molecular weight is 435 g/mol. The summed E-state index contributed by atoms with van der Waals surface area (Å²) in [4.78, 5) is 16.4. The van der Waals surface area contributed by atoms with Crippen LogP contribution in [-0.2, 0) is 20.4 Å². The number of sulfone groups is 1. The van der Waals surface area contributed by atoms with Crippen molar-refractivity contribution >= 4 is 33.0 Å². The Labute approximate surface area is 173 Å². The van der Waals surface area contributed by atoms with Gasteiger partial charge in [-0.05, 0) is 43.3 Å². The lowest BCUT2D eigenvalue weighted by Gasteiger charge is -2.07. The first-order valence-corrected chi connectivity index (χ1v) is 10.8. The van der Waals surface area contributed by atoms with E-state index in [2.05, 4.69) is 10.3 Å². The molecule has 152 valence electrons. The van der Waals surface area contributed by atoms with E-state index < -0.39 is 27.3 Å². The van der Waals surface area contributed by atoms with Crippen LogP contribution < -0.4 is 10.1 Å². The Morgan fingerprint density at radius 1 is 1.17 bits per heavy atom. The molecule has 2 aromatic carbocycles. The number of amides is 1. The minimum absolute atomic E-state index is 0.265. The first-order chi connectivity index (χ1) is 13.8. The highest BCUT2D eigenvalue weighted by Gasteiger charge is 2.22. The summed E-state index contributed by atoms with van der Waals surface area (Å²) in [7, 11) is -2.20. The molecular formula is C20H19ClN2O5S. The smallest absolute Gasteiger partial charge is 0.239 e. The second-order valence-corrected chi connectivity index (χ2v) is 8.78. The minimum Gasteiger partial charge on any atom is -0.497 e. The van der Waals surface area contributed by atoms with E-state index in [-0.39, 0.29) is 5.69 Å².